The summed E-state index contributed by atoms with van der Waals surface area (Å²) in [6.07, 6.45) is 1.31. The second-order valence-electron chi connectivity index (χ2n) is 7.80. The number of anilines is 1. The highest BCUT2D eigenvalue weighted by Gasteiger charge is 2.33. The van der Waals surface area contributed by atoms with Gasteiger partial charge in [0.1, 0.15) is 12.4 Å². The summed E-state index contributed by atoms with van der Waals surface area (Å²) in [5, 5.41) is 2.91. The van der Waals surface area contributed by atoms with E-state index in [0.29, 0.717) is 37.4 Å². The molecule has 3 aromatic carbocycles. The van der Waals surface area contributed by atoms with Gasteiger partial charge in [-0.25, -0.2) is 8.42 Å². The van der Waals surface area contributed by atoms with Crippen molar-refractivity contribution >= 4 is 21.6 Å². The topological polar surface area (TPSA) is 75.7 Å². The van der Waals surface area contributed by atoms with Crippen LogP contribution >= 0.6 is 0 Å². The Balaban J connectivity index is 1.34. The first-order valence-electron chi connectivity index (χ1n) is 10.7. The standard InChI is InChI=1S/C25H26N2O4S/c28-25(21-10-7-17-27(18-21)32(29,30)24-11-5-2-6-12-24)26-22-13-15-23(16-14-22)31-19-20-8-3-1-4-9-20/h1-6,8-9,11-16,21H,7,10,17-19H2,(H,26,28). The first kappa shape index (κ1) is 22.0. The molecule has 1 aliphatic rings. The van der Waals surface area contributed by atoms with E-state index in [0.717, 1.165) is 5.56 Å². The van der Waals surface area contributed by atoms with Gasteiger partial charge in [-0.2, -0.15) is 4.31 Å². The van der Waals surface area contributed by atoms with E-state index in [1.54, 1.807) is 42.5 Å². The van der Waals surface area contributed by atoms with Gasteiger partial charge in [0.05, 0.1) is 10.8 Å². The van der Waals surface area contributed by atoms with Gasteiger partial charge < -0.3 is 10.1 Å². The maximum Gasteiger partial charge on any atom is 0.243 e. The van der Waals surface area contributed by atoms with Crippen molar-refractivity contribution in [3.63, 3.8) is 0 Å². The number of ether oxygens (including phenoxy) is 1. The van der Waals surface area contributed by atoms with Gasteiger partial charge in [0, 0.05) is 18.8 Å². The zero-order chi connectivity index (χ0) is 22.4. The van der Waals surface area contributed by atoms with Crippen LogP contribution in [-0.4, -0.2) is 31.7 Å². The van der Waals surface area contributed by atoms with Crippen LogP contribution in [0.2, 0.25) is 0 Å². The van der Waals surface area contributed by atoms with Gasteiger partial charge in [-0.05, 0) is 54.8 Å². The van der Waals surface area contributed by atoms with Gasteiger partial charge in [0.2, 0.25) is 15.9 Å². The highest BCUT2D eigenvalue weighted by atomic mass is 32.2. The molecule has 1 unspecified atom stereocenters. The lowest BCUT2D eigenvalue weighted by Gasteiger charge is -2.31. The molecule has 3 aromatic rings. The Labute approximate surface area is 188 Å². The summed E-state index contributed by atoms with van der Waals surface area (Å²) in [5.74, 6) is 0.150. The van der Waals surface area contributed by atoms with E-state index in [4.69, 9.17) is 4.74 Å². The molecule has 4 rings (SSSR count). The molecule has 1 saturated heterocycles. The van der Waals surface area contributed by atoms with Crippen molar-refractivity contribution in [1.82, 2.24) is 4.31 Å². The number of carbonyl (C=O) groups excluding carboxylic acids is 1. The fourth-order valence-electron chi connectivity index (χ4n) is 3.74. The quantitative estimate of drug-likeness (QED) is 0.582. The molecule has 1 amide bonds. The zero-order valence-electron chi connectivity index (χ0n) is 17.7. The molecular formula is C25H26N2O4S. The molecule has 1 heterocycles. The fourth-order valence-corrected chi connectivity index (χ4v) is 5.28. The fraction of sp³-hybridized carbons (Fsp3) is 0.240. The number of nitrogens with one attached hydrogen (secondary N) is 1. The monoisotopic (exact) mass is 450 g/mol. The van der Waals surface area contributed by atoms with Crippen LogP contribution in [0.1, 0.15) is 18.4 Å². The van der Waals surface area contributed by atoms with Crippen LogP contribution in [0.5, 0.6) is 5.75 Å². The maximum atomic E-state index is 12.9. The molecule has 32 heavy (non-hydrogen) atoms. The SMILES string of the molecule is O=C(Nc1ccc(OCc2ccccc2)cc1)C1CCCN(S(=O)(=O)c2ccccc2)C1. The van der Waals surface area contributed by atoms with E-state index in [2.05, 4.69) is 5.32 Å². The van der Waals surface area contributed by atoms with Crippen molar-refractivity contribution in [2.45, 2.75) is 24.3 Å². The number of carbonyl (C=O) groups is 1. The number of amides is 1. The van der Waals surface area contributed by atoms with Crippen LogP contribution in [-0.2, 0) is 21.4 Å². The summed E-state index contributed by atoms with van der Waals surface area (Å²) < 4.78 is 33.0. The molecule has 166 valence electrons. The first-order valence-corrected chi connectivity index (χ1v) is 12.1. The third kappa shape index (κ3) is 5.36. The van der Waals surface area contributed by atoms with Gasteiger partial charge in [-0.1, -0.05) is 48.5 Å². The van der Waals surface area contributed by atoms with Gasteiger partial charge in [-0.3, -0.25) is 4.79 Å². The lowest BCUT2D eigenvalue weighted by molar-refractivity contribution is -0.120. The summed E-state index contributed by atoms with van der Waals surface area (Å²) in [6.45, 7) is 1.08. The molecule has 1 atom stereocenters. The van der Waals surface area contributed by atoms with Gasteiger partial charge >= 0.3 is 0 Å². The Morgan fingerprint density at radius 1 is 0.938 bits per heavy atom. The van der Waals surface area contributed by atoms with E-state index in [-0.39, 0.29) is 17.3 Å². The molecule has 6 nitrogen and oxygen atoms in total. The lowest BCUT2D eigenvalue weighted by Crippen LogP contribution is -2.43. The van der Waals surface area contributed by atoms with Crippen molar-refractivity contribution in [2.24, 2.45) is 5.92 Å². The normalized spacial score (nSPS) is 16.9. The maximum absolute atomic E-state index is 12.9. The highest BCUT2D eigenvalue weighted by molar-refractivity contribution is 7.89. The molecule has 1 aliphatic heterocycles. The van der Waals surface area contributed by atoms with Crippen molar-refractivity contribution in [1.29, 1.82) is 0 Å². The summed E-state index contributed by atoms with van der Waals surface area (Å²) >= 11 is 0. The largest absolute Gasteiger partial charge is 0.489 e. The van der Waals surface area contributed by atoms with E-state index in [1.165, 1.54) is 4.31 Å². The van der Waals surface area contributed by atoms with Crippen molar-refractivity contribution < 1.29 is 17.9 Å². The summed E-state index contributed by atoms with van der Waals surface area (Å²) in [6, 6.07) is 25.5. The summed E-state index contributed by atoms with van der Waals surface area (Å²) in [5.41, 5.74) is 1.74. The van der Waals surface area contributed by atoms with Gasteiger partial charge in [0.15, 0.2) is 0 Å². The molecule has 0 saturated carbocycles. The van der Waals surface area contributed by atoms with Crippen molar-refractivity contribution in [2.75, 3.05) is 18.4 Å². The van der Waals surface area contributed by atoms with E-state index >= 15 is 0 Å². The molecule has 0 spiro atoms. The molecule has 0 aliphatic carbocycles. The highest BCUT2D eigenvalue weighted by Crippen LogP contribution is 2.25. The lowest BCUT2D eigenvalue weighted by atomic mass is 9.99. The summed E-state index contributed by atoms with van der Waals surface area (Å²) in [4.78, 5) is 13.1. The predicted molar refractivity (Wildman–Crippen MR) is 124 cm³/mol. The van der Waals surface area contributed by atoms with Gasteiger partial charge in [-0.15, -0.1) is 0 Å². The minimum atomic E-state index is -3.60. The molecule has 0 aromatic heterocycles. The minimum Gasteiger partial charge on any atom is -0.489 e. The van der Waals surface area contributed by atoms with E-state index < -0.39 is 15.9 Å². The van der Waals surface area contributed by atoms with Crippen LogP contribution in [0.25, 0.3) is 0 Å². The second-order valence-corrected chi connectivity index (χ2v) is 9.74. The Kier molecular flexibility index (Phi) is 6.87. The average molecular weight is 451 g/mol. The average Bonchev–Trinajstić information content (AvgIpc) is 2.85. The van der Waals surface area contributed by atoms with Crippen LogP contribution in [0.15, 0.2) is 89.8 Å². The van der Waals surface area contributed by atoms with Crippen molar-refractivity contribution in [3.05, 3.63) is 90.5 Å². The number of hydrogen-bond acceptors (Lipinski definition) is 4. The number of rotatable bonds is 7. The first-order chi connectivity index (χ1) is 15.5. The molecule has 1 fully saturated rings. The zero-order valence-corrected chi connectivity index (χ0v) is 18.5. The Morgan fingerprint density at radius 2 is 1.59 bits per heavy atom. The third-order valence-electron chi connectivity index (χ3n) is 5.51. The Bertz CT molecular complexity index is 1130. The molecule has 7 heteroatoms. The van der Waals surface area contributed by atoms with E-state index in [9.17, 15) is 13.2 Å². The number of piperidine rings is 1. The molecule has 1 N–H and O–H groups in total. The molecule has 0 radical (unpaired) electrons. The van der Waals surface area contributed by atoms with Gasteiger partial charge in [0.25, 0.3) is 0 Å². The molecule has 0 bridgehead atoms. The van der Waals surface area contributed by atoms with Crippen LogP contribution in [0, 0.1) is 5.92 Å². The minimum absolute atomic E-state index is 0.170. The number of sulfonamides is 1. The van der Waals surface area contributed by atoms with Crippen LogP contribution < -0.4 is 10.1 Å². The number of hydrogen-bond donors (Lipinski definition) is 1. The smallest absolute Gasteiger partial charge is 0.243 e. The van der Waals surface area contributed by atoms with Crippen molar-refractivity contribution in [3.8, 4) is 5.75 Å². The van der Waals surface area contributed by atoms with Crippen LogP contribution in [0.4, 0.5) is 5.69 Å². The van der Waals surface area contributed by atoms with E-state index in [1.807, 2.05) is 42.5 Å². The molecular weight excluding hydrogens is 424 g/mol. The summed E-state index contributed by atoms with van der Waals surface area (Å²) in [7, 11) is -3.60. The Hall–Kier alpha value is -3.16. The third-order valence-corrected chi connectivity index (χ3v) is 7.39. The second kappa shape index (κ2) is 9.97. The number of nitrogens with zero attached hydrogens (tertiary/aromatic N) is 1. The number of benzene rings is 3. The Morgan fingerprint density at radius 3 is 2.28 bits per heavy atom. The predicted octanol–water partition coefficient (Wildman–Crippen LogP) is 4.31. The van der Waals surface area contributed by atoms with Crippen LogP contribution in [0.3, 0.4) is 0 Å².